The summed E-state index contributed by atoms with van der Waals surface area (Å²) < 4.78 is 39.0. The summed E-state index contributed by atoms with van der Waals surface area (Å²) in [7, 11) is 0. The van der Waals surface area contributed by atoms with Crippen LogP contribution in [0, 0.1) is 0 Å². The number of hydrogen-bond donors (Lipinski definition) is 2. The molecule has 0 bridgehead atoms. The van der Waals surface area contributed by atoms with E-state index >= 15 is 0 Å². The first kappa shape index (κ1) is 19.2. The molecule has 1 aliphatic rings. The summed E-state index contributed by atoms with van der Waals surface area (Å²) in [6, 6.07) is 12.5. The number of benzene rings is 1. The Balaban J connectivity index is 1.66. The Kier molecular flexibility index (Phi) is 5.33. The first-order chi connectivity index (χ1) is 14.0. The summed E-state index contributed by atoms with van der Waals surface area (Å²) >= 11 is 0. The van der Waals surface area contributed by atoms with Crippen LogP contribution in [0.4, 0.5) is 30.6 Å². The first-order valence-electron chi connectivity index (χ1n) is 9.49. The minimum atomic E-state index is -4.41. The fourth-order valence-electron chi connectivity index (χ4n) is 3.40. The van der Waals surface area contributed by atoms with Gasteiger partial charge in [-0.05, 0) is 43.2 Å². The zero-order valence-electron chi connectivity index (χ0n) is 15.6. The van der Waals surface area contributed by atoms with Gasteiger partial charge in [-0.2, -0.15) is 18.2 Å². The van der Waals surface area contributed by atoms with Crippen LogP contribution in [0.2, 0.25) is 0 Å². The Labute approximate surface area is 166 Å². The van der Waals surface area contributed by atoms with Crippen LogP contribution >= 0.6 is 0 Å². The lowest BCUT2D eigenvalue weighted by atomic mass is 10.2. The van der Waals surface area contributed by atoms with E-state index in [0.717, 1.165) is 37.8 Å². The van der Waals surface area contributed by atoms with Crippen LogP contribution in [0.25, 0.3) is 11.4 Å². The summed E-state index contributed by atoms with van der Waals surface area (Å²) in [5.74, 6) is 0.843. The SMILES string of the molecule is FC(F)(F)c1cccc(Nc2cc(-c3ccccn3)nc(NC3CCCC3)n2)c1. The van der Waals surface area contributed by atoms with Crippen molar-refractivity contribution >= 4 is 17.5 Å². The van der Waals surface area contributed by atoms with E-state index in [1.54, 1.807) is 18.3 Å². The van der Waals surface area contributed by atoms with Crippen LogP contribution in [0.3, 0.4) is 0 Å². The van der Waals surface area contributed by atoms with Gasteiger partial charge in [0.2, 0.25) is 5.95 Å². The van der Waals surface area contributed by atoms with Crippen molar-refractivity contribution < 1.29 is 13.2 Å². The number of alkyl halides is 3. The highest BCUT2D eigenvalue weighted by Gasteiger charge is 2.30. The Hall–Kier alpha value is -3.16. The molecule has 3 aromatic rings. The number of hydrogen-bond acceptors (Lipinski definition) is 5. The molecule has 2 heterocycles. The third-order valence-electron chi connectivity index (χ3n) is 4.80. The van der Waals surface area contributed by atoms with E-state index in [-0.39, 0.29) is 0 Å². The van der Waals surface area contributed by atoms with E-state index in [9.17, 15) is 13.2 Å². The van der Waals surface area contributed by atoms with Crippen LogP contribution in [0.1, 0.15) is 31.2 Å². The largest absolute Gasteiger partial charge is 0.416 e. The van der Waals surface area contributed by atoms with Gasteiger partial charge >= 0.3 is 6.18 Å². The number of aromatic nitrogens is 3. The Bertz CT molecular complexity index is 970. The number of anilines is 3. The zero-order chi connectivity index (χ0) is 20.3. The van der Waals surface area contributed by atoms with Gasteiger partial charge in [-0.25, -0.2) is 4.98 Å². The molecule has 2 aromatic heterocycles. The molecular weight excluding hydrogens is 379 g/mol. The van der Waals surface area contributed by atoms with Gasteiger partial charge in [-0.1, -0.05) is 25.0 Å². The lowest BCUT2D eigenvalue weighted by Crippen LogP contribution is -2.17. The standard InChI is InChI=1S/C21H20F3N5/c22-21(23,24)14-6-5-9-16(12-14)26-19-13-18(17-10-3-4-11-25-17)28-20(29-19)27-15-7-1-2-8-15/h3-6,9-13,15H,1-2,7-8H2,(H2,26,27,28,29). The molecule has 1 aliphatic carbocycles. The van der Waals surface area contributed by atoms with E-state index in [4.69, 9.17) is 0 Å². The van der Waals surface area contributed by atoms with Crippen LogP contribution in [-0.2, 0) is 6.18 Å². The first-order valence-corrected chi connectivity index (χ1v) is 9.49. The van der Waals surface area contributed by atoms with Gasteiger partial charge in [0, 0.05) is 24.0 Å². The Morgan fingerprint density at radius 1 is 0.897 bits per heavy atom. The Morgan fingerprint density at radius 3 is 2.45 bits per heavy atom. The van der Waals surface area contributed by atoms with Gasteiger partial charge in [-0.15, -0.1) is 0 Å². The third-order valence-corrected chi connectivity index (χ3v) is 4.80. The fraction of sp³-hybridized carbons (Fsp3) is 0.286. The molecular formula is C21H20F3N5. The van der Waals surface area contributed by atoms with Crippen LogP contribution in [0.5, 0.6) is 0 Å². The Morgan fingerprint density at radius 2 is 1.72 bits per heavy atom. The van der Waals surface area contributed by atoms with Gasteiger partial charge in [0.05, 0.1) is 17.0 Å². The summed E-state index contributed by atoms with van der Waals surface area (Å²) in [4.78, 5) is 13.3. The third kappa shape index (κ3) is 4.82. The number of nitrogens with one attached hydrogen (secondary N) is 2. The van der Waals surface area contributed by atoms with Crippen molar-refractivity contribution in [3.63, 3.8) is 0 Å². The minimum absolute atomic E-state index is 0.301. The average Bonchev–Trinajstić information content (AvgIpc) is 3.21. The maximum atomic E-state index is 13.0. The molecule has 0 atom stereocenters. The highest BCUT2D eigenvalue weighted by atomic mass is 19.4. The predicted molar refractivity (Wildman–Crippen MR) is 106 cm³/mol. The highest BCUT2D eigenvalue weighted by molar-refractivity contribution is 5.65. The number of nitrogens with zero attached hydrogens (tertiary/aromatic N) is 3. The summed E-state index contributed by atoms with van der Waals surface area (Å²) in [6.07, 6.45) is 1.68. The number of pyridine rings is 1. The average molecular weight is 399 g/mol. The van der Waals surface area contributed by atoms with Crippen molar-refractivity contribution in [3.05, 3.63) is 60.3 Å². The number of halogens is 3. The van der Waals surface area contributed by atoms with Crippen LogP contribution < -0.4 is 10.6 Å². The molecule has 0 unspecified atom stereocenters. The monoisotopic (exact) mass is 399 g/mol. The predicted octanol–water partition coefficient (Wildman–Crippen LogP) is 5.66. The molecule has 29 heavy (non-hydrogen) atoms. The fourth-order valence-corrected chi connectivity index (χ4v) is 3.40. The molecule has 5 nitrogen and oxygen atoms in total. The van der Waals surface area contributed by atoms with E-state index in [1.807, 2.05) is 18.2 Å². The van der Waals surface area contributed by atoms with Crippen molar-refractivity contribution in [2.24, 2.45) is 0 Å². The molecule has 0 aliphatic heterocycles. The van der Waals surface area contributed by atoms with E-state index in [1.165, 1.54) is 6.07 Å². The number of rotatable bonds is 5. The molecule has 2 N–H and O–H groups in total. The smallest absolute Gasteiger partial charge is 0.351 e. The summed E-state index contributed by atoms with van der Waals surface area (Å²) in [6.45, 7) is 0. The second-order valence-corrected chi connectivity index (χ2v) is 7.01. The molecule has 0 amide bonds. The lowest BCUT2D eigenvalue weighted by molar-refractivity contribution is -0.137. The van der Waals surface area contributed by atoms with Gasteiger partial charge in [0.1, 0.15) is 5.82 Å². The van der Waals surface area contributed by atoms with Gasteiger partial charge in [-0.3, -0.25) is 4.98 Å². The summed E-state index contributed by atoms with van der Waals surface area (Å²) in [5.41, 5.74) is 0.843. The second-order valence-electron chi connectivity index (χ2n) is 7.01. The topological polar surface area (TPSA) is 62.7 Å². The molecule has 1 saturated carbocycles. The molecule has 150 valence electrons. The van der Waals surface area contributed by atoms with E-state index < -0.39 is 11.7 Å². The van der Waals surface area contributed by atoms with Crippen LogP contribution in [0.15, 0.2) is 54.7 Å². The van der Waals surface area contributed by atoms with Crippen molar-refractivity contribution in [1.29, 1.82) is 0 Å². The highest BCUT2D eigenvalue weighted by Crippen LogP contribution is 2.32. The van der Waals surface area contributed by atoms with Gasteiger partial charge < -0.3 is 10.6 Å². The summed E-state index contributed by atoms with van der Waals surface area (Å²) in [5, 5.41) is 6.32. The zero-order valence-corrected chi connectivity index (χ0v) is 15.6. The van der Waals surface area contributed by atoms with Crippen molar-refractivity contribution in [2.75, 3.05) is 10.6 Å². The molecule has 1 fully saturated rings. The van der Waals surface area contributed by atoms with Crippen molar-refractivity contribution in [1.82, 2.24) is 15.0 Å². The van der Waals surface area contributed by atoms with E-state index in [2.05, 4.69) is 25.6 Å². The van der Waals surface area contributed by atoms with Crippen molar-refractivity contribution in [2.45, 2.75) is 37.9 Å². The maximum absolute atomic E-state index is 13.0. The maximum Gasteiger partial charge on any atom is 0.416 e. The van der Waals surface area contributed by atoms with E-state index in [0.29, 0.717) is 34.9 Å². The molecule has 0 radical (unpaired) electrons. The van der Waals surface area contributed by atoms with Gasteiger partial charge in [0.25, 0.3) is 0 Å². The van der Waals surface area contributed by atoms with Crippen LogP contribution in [-0.4, -0.2) is 21.0 Å². The molecule has 8 heteroatoms. The minimum Gasteiger partial charge on any atom is -0.351 e. The molecule has 4 rings (SSSR count). The quantitative estimate of drug-likeness (QED) is 0.580. The normalized spacial score (nSPS) is 14.7. The van der Waals surface area contributed by atoms with Gasteiger partial charge in [0.15, 0.2) is 0 Å². The second kappa shape index (κ2) is 8.06. The lowest BCUT2D eigenvalue weighted by Gasteiger charge is -2.15. The van der Waals surface area contributed by atoms with Crippen molar-refractivity contribution in [3.8, 4) is 11.4 Å². The molecule has 0 spiro atoms. The molecule has 1 aromatic carbocycles. The molecule has 0 saturated heterocycles.